The van der Waals surface area contributed by atoms with Crippen LogP contribution in [-0.2, 0) is 9.53 Å². The van der Waals surface area contributed by atoms with Crippen LogP contribution < -0.4 is 10.1 Å². The molecule has 1 N–H and O–H groups in total. The van der Waals surface area contributed by atoms with Crippen LogP contribution in [0.5, 0.6) is 5.88 Å². The first-order chi connectivity index (χ1) is 14.6. The maximum absolute atomic E-state index is 14.3. The smallest absolute Gasteiger partial charge is 0.252 e. The van der Waals surface area contributed by atoms with E-state index in [9.17, 15) is 9.18 Å². The normalized spacial score (nSPS) is 21.3. The van der Waals surface area contributed by atoms with Gasteiger partial charge in [-0.3, -0.25) is 4.79 Å². The number of benzene rings is 1. The lowest BCUT2D eigenvalue weighted by atomic mass is 10.1. The number of carbonyl (C=O) groups is 1. The van der Waals surface area contributed by atoms with Gasteiger partial charge in [0.1, 0.15) is 18.5 Å². The largest absolute Gasteiger partial charge is 0.475 e. The summed E-state index contributed by atoms with van der Waals surface area (Å²) in [5, 5.41) is 7.54. The standard InChI is InChI=1S/C21H22FN5O3/c1-2-29-18-10-16-12-30-19-3-5-27-20(25-19)17(11-24-27)13-7-14(22)9-15(8-13)23-4-6-26(16)21(18)28/h3,5,7-9,11,16,18,23H,2,4,6,10,12H2,1H3/t16-,18+/m0/s1. The molecule has 4 heterocycles. The number of aromatic nitrogens is 3. The zero-order valence-corrected chi connectivity index (χ0v) is 16.5. The van der Waals surface area contributed by atoms with Crippen molar-refractivity contribution in [2.45, 2.75) is 25.5 Å². The number of amides is 1. The van der Waals surface area contributed by atoms with Gasteiger partial charge in [0.15, 0.2) is 5.65 Å². The second kappa shape index (κ2) is 7.56. The van der Waals surface area contributed by atoms with Crippen LogP contribution in [0.2, 0.25) is 0 Å². The van der Waals surface area contributed by atoms with E-state index < -0.39 is 6.10 Å². The number of ether oxygens (including phenoxy) is 2. The zero-order valence-electron chi connectivity index (χ0n) is 16.5. The summed E-state index contributed by atoms with van der Waals surface area (Å²) in [6.45, 7) is 3.62. The summed E-state index contributed by atoms with van der Waals surface area (Å²) < 4.78 is 27.5. The first-order valence-corrected chi connectivity index (χ1v) is 10.1. The third kappa shape index (κ3) is 3.35. The number of nitrogens with zero attached hydrogens (tertiary/aromatic N) is 4. The van der Waals surface area contributed by atoms with Crippen LogP contribution in [0.25, 0.3) is 16.8 Å². The SMILES string of the molecule is CCO[C@@H]1C[C@H]2COc3ccn4ncc(c4n3)-c3cc(F)cc(c3)NCCN2C1=O. The van der Waals surface area contributed by atoms with Crippen molar-refractivity contribution < 1.29 is 18.7 Å². The molecular weight excluding hydrogens is 389 g/mol. The van der Waals surface area contributed by atoms with Crippen molar-refractivity contribution in [1.29, 1.82) is 0 Å². The Kier molecular flexibility index (Phi) is 4.74. The lowest BCUT2D eigenvalue weighted by Gasteiger charge is -2.25. The monoisotopic (exact) mass is 411 g/mol. The fraction of sp³-hybridized carbons (Fsp3) is 0.381. The van der Waals surface area contributed by atoms with E-state index in [0.717, 1.165) is 0 Å². The van der Waals surface area contributed by atoms with Crippen LogP contribution in [0.15, 0.2) is 36.7 Å². The molecule has 2 atom stereocenters. The minimum atomic E-state index is -0.461. The van der Waals surface area contributed by atoms with E-state index in [1.165, 1.54) is 12.1 Å². The molecule has 2 aliphatic heterocycles. The fourth-order valence-corrected chi connectivity index (χ4v) is 4.12. The quantitative estimate of drug-likeness (QED) is 0.697. The van der Waals surface area contributed by atoms with E-state index in [1.54, 1.807) is 27.9 Å². The molecule has 1 fully saturated rings. The van der Waals surface area contributed by atoms with Crippen LogP contribution in [-0.4, -0.2) is 63.9 Å². The van der Waals surface area contributed by atoms with Crippen molar-refractivity contribution in [3.8, 4) is 17.0 Å². The Labute approximate surface area is 172 Å². The average molecular weight is 411 g/mol. The van der Waals surface area contributed by atoms with Gasteiger partial charge in [-0.25, -0.2) is 8.91 Å². The van der Waals surface area contributed by atoms with Gasteiger partial charge in [-0.1, -0.05) is 0 Å². The summed E-state index contributed by atoms with van der Waals surface area (Å²) >= 11 is 0. The molecule has 0 aliphatic carbocycles. The molecule has 0 spiro atoms. The van der Waals surface area contributed by atoms with Gasteiger partial charge in [-0.15, -0.1) is 0 Å². The van der Waals surface area contributed by atoms with E-state index in [0.29, 0.717) is 61.1 Å². The Bertz CT molecular complexity index is 1100. The Morgan fingerprint density at radius 1 is 1.37 bits per heavy atom. The minimum absolute atomic E-state index is 0.0410. The van der Waals surface area contributed by atoms with E-state index in [1.807, 2.05) is 13.0 Å². The van der Waals surface area contributed by atoms with Crippen LogP contribution in [0, 0.1) is 5.82 Å². The molecule has 0 radical (unpaired) electrons. The number of hydrogen-bond acceptors (Lipinski definition) is 6. The first kappa shape index (κ1) is 18.8. The average Bonchev–Trinajstić information content (AvgIpc) is 3.27. The highest BCUT2D eigenvalue weighted by molar-refractivity contribution is 5.84. The molecule has 1 aromatic carbocycles. The highest BCUT2D eigenvalue weighted by atomic mass is 19.1. The highest BCUT2D eigenvalue weighted by Gasteiger charge is 2.40. The number of anilines is 1. The summed E-state index contributed by atoms with van der Waals surface area (Å²) in [7, 11) is 0. The molecule has 2 aliphatic rings. The molecule has 1 amide bonds. The van der Waals surface area contributed by atoms with Gasteiger partial charge in [0.25, 0.3) is 5.91 Å². The van der Waals surface area contributed by atoms with Crippen molar-refractivity contribution in [1.82, 2.24) is 19.5 Å². The molecule has 0 unspecified atom stereocenters. The second-order valence-electron chi connectivity index (χ2n) is 7.42. The van der Waals surface area contributed by atoms with Gasteiger partial charge >= 0.3 is 0 Å². The summed E-state index contributed by atoms with van der Waals surface area (Å²) in [6, 6.07) is 6.36. The number of carbonyl (C=O) groups excluding carboxylic acids is 1. The molecule has 5 rings (SSSR count). The Balaban J connectivity index is 1.55. The minimum Gasteiger partial charge on any atom is -0.475 e. The van der Waals surface area contributed by atoms with Gasteiger partial charge < -0.3 is 19.7 Å². The third-order valence-electron chi connectivity index (χ3n) is 5.51. The number of nitrogens with one attached hydrogen (secondary N) is 1. The van der Waals surface area contributed by atoms with E-state index in [4.69, 9.17) is 9.47 Å². The van der Waals surface area contributed by atoms with Crippen molar-refractivity contribution >= 4 is 17.2 Å². The molecule has 1 saturated heterocycles. The molecule has 156 valence electrons. The van der Waals surface area contributed by atoms with Crippen LogP contribution >= 0.6 is 0 Å². The van der Waals surface area contributed by atoms with Gasteiger partial charge in [0.2, 0.25) is 5.88 Å². The third-order valence-corrected chi connectivity index (χ3v) is 5.51. The van der Waals surface area contributed by atoms with Crippen LogP contribution in [0.3, 0.4) is 0 Å². The summed E-state index contributed by atoms with van der Waals surface area (Å²) in [4.78, 5) is 19.1. The topological polar surface area (TPSA) is 81.0 Å². The highest BCUT2D eigenvalue weighted by Crippen LogP contribution is 2.29. The molecule has 2 aromatic heterocycles. The van der Waals surface area contributed by atoms with Gasteiger partial charge in [0, 0.05) is 49.6 Å². The number of rotatable bonds is 2. The Hall–Kier alpha value is -3.20. The predicted molar refractivity (Wildman–Crippen MR) is 108 cm³/mol. The van der Waals surface area contributed by atoms with E-state index in [2.05, 4.69) is 15.4 Å². The summed E-state index contributed by atoms with van der Waals surface area (Å²) in [6.07, 6.45) is 3.53. The maximum atomic E-state index is 14.3. The van der Waals surface area contributed by atoms with Crippen LogP contribution in [0.4, 0.5) is 10.1 Å². The number of hydrogen-bond donors (Lipinski definition) is 1. The fourth-order valence-electron chi connectivity index (χ4n) is 4.12. The summed E-state index contributed by atoms with van der Waals surface area (Å²) in [5.74, 6) is 0.0319. The molecule has 3 aromatic rings. The maximum Gasteiger partial charge on any atom is 0.252 e. The van der Waals surface area contributed by atoms with Gasteiger partial charge in [-0.2, -0.15) is 10.1 Å². The van der Waals surface area contributed by atoms with Crippen LogP contribution in [0.1, 0.15) is 13.3 Å². The van der Waals surface area contributed by atoms with Crippen molar-refractivity contribution in [2.75, 3.05) is 31.6 Å². The molecule has 4 bridgehead atoms. The first-order valence-electron chi connectivity index (χ1n) is 10.1. The number of halogens is 1. The second-order valence-corrected chi connectivity index (χ2v) is 7.42. The molecular formula is C21H22FN5O3. The lowest BCUT2D eigenvalue weighted by molar-refractivity contribution is -0.137. The lowest BCUT2D eigenvalue weighted by Crippen LogP contribution is -2.41. The molecule has 30 heavy (non-hydrogen) atoms. The molecule has 9 heteroatoms. The number of fused-ring (bicyclic) bond motifs is 5. The van der Waals surface area contributed by atoms with E-state index >= 15 is 0 Å². The van der Waals surface area contributed by atoms with Crippen molar-refractivity contribution in [3.63, 3.8) is 0 Å². The molecule has 0 saturated carbocycles. The predicted octanol–water partition coefficient (Wildman–Crippen LogP) is 2.35. The zero-order chi connectivity index (χ0) is 20.7. The van der Waals surface area contributed by atoms with E-state index in [-0.39, 0.29) is 17.8 Å². The summed E-state index contributed by atoms with van der Waals surface area (Å²) in [5.41, 5.74) is 2.60. The van der Waals surface area contributed by atoms with Gasteiger partial charge in [-0.05, 0) is 30.7 Å². The van der Waals surface area contributed by atoms with Gasteiger partial charge in [0.05, 0.1) is 12.2 Å². The van der Waals surface area contributed by atoms with Crippen molar-refractivity contribution in [3.05, 3.63) is 42.5 Å². The Morgan fingerprint density at radius 2 is 2.27 bits per heavy atom. The molecule has 8 nitrogen and oxygen atoms in total. The Morgan fingerprint density at radius 3 is 3.13 bits per heavy atom. The van der Waals surface area contributed by atoms with Crippen molar-refractivity contribution in [2.24, 2.45) is 0 Å².